The van der Waals surface area contributed by atoms with Crippen molar-refractivity contribution in [2.75, 3.05) is 11.5 Å². The minimum atomic E-state index is -4.93. The Morgan fingerprint density at radius 2 is 1.61 bits per heavy atom. The lowest BCUT2D eigenvalue weighted by molar-refractivity contribution is -0.139. The monoisotopic (exact) mass is 592 g/mol. The molecule has 0 saturated carbocycles. The summed E-state index contributed by atoms with van der Waals surface area (Å²) in [6.45, 7) is 3.31. The van der Waals surface area contributed by atoms with E-state index in [0.717, 1.165) is 30.3 Å². The molecule has 0 N–H and O–H groups in total. The highest BCUT2D eigenvalue weighted by molar-refractivity contribution is 7.84. The standard InChI is InChI=1S/C24H21Cl3F6O2S/c1-3-36(35)12-13(2)8-21(34)16-6-4-14(9-18(16)24(31,32)33)5-7-17(23(28,29)30)15-10-19(25)22(27)20(26)11-15/h4-7,9-11,13,17H,3,8,12H2,1-2H3/b7-5+/t13-,17?,36?/m0/s1. The molecule has 2 aromatic carbocycles. The smallest absolute Gasteiger partial charge is 0.294 e. The van der Waals surface area contributed by atoms with E-state index in [2.05, 4.69) is 0 Å². The molecular formula is C24H21Cl3F6O2S. The Morgan fingerprint density at radius 3 is 2.11 bits per heavy atom. The molecule has 0 heterocycles. The van der Waals surface area contributed by atoms with Gasteiger partial charge < -0.3 is 0 Å². The molecule has 2 aromatic rings. The number of ketones is 1. The van der Waals surface area contributed by atoms with Gasteiger partial charge in [-0.25, -0.2) is 0 Å². The van der Waals surface area contributed by atoms with Gasteiger partial charge in [-0.3, -0.25) is 9.00 Å². The molecule has 0 aliphatic heterocycles. The van der Waals surface area contributed by atoms with E-state index >= 15 is 0 Å². The van der Waals surface area contributed by atoms with Crippen molar-refractivity contribution in [2.24, 2.45) is 5.92 Å². The van der Waals surface area contributed by atoms with E-state index in [1.807, 2.05) is 0 Å². The van der Waals surface area contributed by atoms with Gasteiger partial charge in [-0.2, -0.15) is 26.3 Å². The molecule has 2 nitrogen and oxygen atoms in total. The molecule has 36 heavy (non-hydrogen) atoms. The molecule has 0 saturated heterocycles. The third kappa shape index (κ3) is 8.23. The van der Waals surface area contributed by atoms with Crippen molar-refractivity contribution in [3.8, 4) is 0 Å². The third-order valence-electron chi connectivity index (χ3n) is 5.17. The minimum absolute atomic E-state index is 0.127. The average molecular weight is 594 g/mol. The summed E-state index contributed by atoms with van der Waals surface area (Å²) in [6.07, 6.45) is -8.43. The molecule has 2 unspecified atom stereocenters. The predicted octanol–water partition coefficient (Wildman–Crippen LogP) is 9.00. The van der Waals surface area contributed by atoms with Crippen LogP contribution in [0.2, 0.25) is 15.1 Å². The zero-order valence-corrected chi connectivity index (χ0v) is 22.0. The van der Waals surface area contributed by atoms with Gasteiger partial charge in [-0.1, -0.05) is 72.9 Å². The fourth-order valence-electron chi connectivity index (χ4n) is 3.43. The maximum Gasteiger partial charge on any atom is 0.417 e. The molecule has 0 amide bonds. The normalized spacial score (nSPS) is 15.2. The molecule has 2 rings (SSSR count). The Kier molecular flexibility index (Phi) is 10.5. The molecule has 198 valence electrons. The molecule has 0 aliphatic carbocycles. The second-order valence-corrected chi connectivity index (χ2v) is 11.1. The van der Waals surface area contributed by atoms with Gasteiger partial charge >= 0.3 is 12.4 Å². The summed E-state index contributed by atoms with van der Waals surface area (Å²) in [7, 11) is -1.19. The van der Waals surface area contributed by atoms with Crippen LogP contribution in [0.3, 0.4) is 0 Å². The lowest BCUT2D eigenvalue weighted by Crippen LogP contribution is -2.19. The van der Waals surface area contributed by atoms with Gasteiger partial charge in [0.1, 0.15) is 0 Å². The largest absolute Gasteiger partial charge is 0.417 e. The van der Waals surface area contributed by atoms with E-state index in [0.29, 0.717) is 17.9 Å². The SMILES string of the molecule is CCS(=O)C[C@@H](C)CC(=O)c1ccc(/C=C/C(c2cc(Cl)c(Cl)c(Cl)c2)C(F)(F)F)cc1C(F)(F)F. The van der Waals surface area contributed by atoms with E-state index in [9.17, 15) is 35.3 Å². The van der Waals surface area contributed by atoms with Gasteiger partial charge in [-0.05, 0) is 35.2 Å². The molecule has 12 heteroatoms. The number of carbonyl (C=O) groups is 1. The van der Waals surface area contributed by atoms with Crippen molar-refractivity contribution in [3.05, 3.63) is 73.7 Å². The molecule has 0 radical (unpaired) electrons. The van der Waals surface area contributed by atoms with Gasteiger partial charge in [0.05, 0.1) is 26.5 Å². The zero-order chi connectivity index (χ0) is 27.4. The van der Waals surface area contributed by atoms with Crippen LogP contribution in [0.25, 0.3) is 6.08 Å². The maximum atomic E-state index is 13.7. The van der Waals surface area contributed by atoms with Crippen molar-refractivity contribution in [1.29, 1.82) is 0 Å². The Labute approximate surface area is 222 Å². The lowest BCUT2D eigenvalue weighted by Gasteiger charge is -2.19. The van der Waals surface area contributed by atoms with E-state index in [-0.39, 0.29) is 38.4 Å². The summed E-state index contributed by atoms with van der Waals surface area (Å²) < 4.78 is 94.0. The van der Waals surface area contributed by atoms with Crippen molar-refractivity contribution < 1.29 is 35.3 Å². The van der Waals surface area contributed by atoms with Crippen molar-refractivity contribution >= 4 is 57.5 Å². The summed E-state index contributed by atoms with van der Waals surface area (Å²) in [5.41, 5.74) is -2.41. The van der Waals surface area contributed by atoms with Gasteiger partial charge in [-0.15, -0.1) is 0 Å². The molecule has 3 atom stereocenters. The van der Waals surface area contributed by atoms with Gasteiger partial charge in [0.25, 0.3) is 0 Å². The van der Waals surface area contributed by atoms with Crippen molar-refractivity contribution in [3.63, 3.8) is 0 Å². The first-order valence-corrected chi connectivity index (χ1v) is 13.2. The van der Waals surface area contributed by atoms with Crippen LogP contribution in [0.1, 0.15) is 53.2 Å². The summed E-state index contributed by atoms with van der Waals surface area (Å²) >= 11 is 17.5. The summed E-state index contributed by atoms with van der Waals surface area (Å²) in [5, 5.41) is -0.542. The number of hydrogen-bond donors (Lipinski definition) is 0. The molecule has 0 aromatic heterocycles. The van der Waals surface area contributed by atoms with Crippen molar-refractivity contribution in [1.82, 2.24) is 0 Å². The Balaban J connectivity index is 2.43. The number of hydrogen-bond acceptors (Lipinski definition) is 2. The minimum Gasteiger partial charge on any atom is -0.294 e. The fourth-order valence-corrected chi connectivity index (χ4v) is 5.04. The number of alkyl halides is 6. The van der Waals surface area contributed by atoms with E-state index in [1.54, 1.807) is 13.8 Å². The highest BCUT2D eigenvalue weighted by Gasteiger charge is 2.40. The van der Waals surface area contributed by atoms with Crippen LogP contribution in [0.5, 0.6) is 0 Å². The second kappa shape index (κ2) is 12.3. The third-order valence-corrected chi connectivity index (χ3v) is 7.96. The first-order valence-electron chi connectivity index (χ1n) is 10.5. The number of allylic oxidation sites excluding steroid dienone is 1. The van der Waals surface area contributed by atoms with Crippen LogP contribution in [-0.2, 0) is 17.0 Å². The molecule has 0 fully saturated rings. The maximum absolute atomic E-state index is 13.7. The fraction of sp³-hybridized carbons (Fsp3) is 0.375. The Morgan fingerprint density at radius 1 is 1.03 bits per heavy atom. The lowest BCUT2D eigenvalue weighted by atomic mass is 9.93. The van der Waals surface area contributed by atoms with Crippen LogP contribution in [0.15, 0.2) is 36.4 Å². The van der Waals surface area contributed by atoms with Gasteiger partial charge in [0, 0.05) is 34.3 Å². The summed E-state index contributed by atoms with van der Waals surface area (Å²) in [4.78, 5) is 12.6. The topological polar surface area (TPSA) is 34.1 Å². The Bertz CT molecular complexity index is 1140. The van der Waals surface area contributed by atoms with E-state index < -0.39 is 51.9 Å². The van der Waals surface area contributed by atoms with E-state index in [1.165, 1.54) is 0 Å². The van der Waals surface area contributed by atoms with Crippen molar-refractivity contribution in [2.45, 2.75) is 38.5 Å². The quantitative estimate of drug-likeness (QED) is 0.165. The van der Waals surface area contributed by atoms with Crippen LogP contribution >= 0.6 is 34.8 Å². The predicted molar refractivity (Wildman–Crippen MR) is 132 cm³/mol. The first kappa shape index (κ1) is 30.7. The second-order valence-electron chi connectivity index (χ2n) is 8.11. The van der Waals surface area contributed by atoms with Gasteiger partial charge in [0.2, 0.25) is 0 Å². The first-order chi connectivity index (χ1) is 16.5. The highest BCUT2D eigenvalue weighted by Crippen LogP contribution is 2.41. The average Bonchev–Trinajstić information content (AvgIpc) is 2.75. The Hall–Kier alpha value is -1.55. The molecule has 0 aliphatic rings. The number of halogens is 9. The van der Waals surface area contributed by atoms with Crippen LogP contribution in [0.4, 0.5) is 26.3 Å². The van der Waals surface area contributed by atoms with Crippen LogP contribution in [-0.4, -0.2) is 27.7 Å². The number of Topliss-reactive ketones (excluding diaryl/α,β-unsaturated/α-hetero) is 1. The number of benzene rings is 2. The molecular weight excluding hydrogens is 573 g/mol. The van der Waals surface area contributed by atoms with E-state index in [4.69, 9.17) is 34.8 Å². The van der Waals surface area contributed by atoms with Gasteiger partial charge in [0.15, 0.2) is 5.78 Å². The number of carbonyl (C=O) groups excluding carboxylic acids is 1. The highest BCUT2D eigenvalue weighted by atomic mass is 35.5. The van der Waals surface area contributed by atoms with Crippen LogP contribution in [0, 0.1) is 5.92 Å². The molecule has 0 spiro atoms. The number of rotatable bonds is 9. The zero-order valence-electron chi connectivity index (χ0n) is 18.9. The summed E-state index contributed by atoms with van der Waals surface area (Å²) in [6, 6.07) is 4.64. The molecule has 0 bridgehead atoms. The van der Waals surface area contributed by atoms with Crippen LogP contribution < -0.4 is 0 Å². The summed E-state index contributed by atoms with van der Waals surface area (Å²) in [5.74, 6) is -2.91.